The molecule has 2 fully saturated rings. The van der Waals surface area contributed by atoms with E-state index in [1.807, 2.05) is 11.8 Å². The number of amides is 1. The van der Waals surface area contributed by atoms with Gasteiger partial charge in [0.15, 0.2) is 0 Å². The Morgan fingerprint density at radius 1 is 1.36 bits per heavy atom. The topological polar surface area (TPSA) is 74.7 Å². The van der Waals surface area contributed by atoms with Gasteiger partial charge in [0.1, 0.15) is 5.01 Å². The van der Waals surface area contributed by atoms with Crippen molar-refractivity contribution in [2.45, 2.75) is 6.92 Å². The summed E-state index contributed by atoms with van der Waals surface area (Å²) in [5.74, 6) is 0.921. The zero-order valence-corrected chi connectivity index (χ0v) is 17.6. The summed E-state index contributed by atoms with van der Waals surface area (Å²) < 4.78 is 5.17. The van der Waals surface area contributed by atoms with Gasteiger partial charge in [0, 0.05) is 61.9 Å². The molecule has 0 saturated carbocycles. The van der Waals surface area contributed by atoms with E-state index in [4.69, 9.17) is 4.74 Å². The third-order valence-electron chi connectivity index (χ3n) is 5.65. The van der Waals surface area contributed by atoms with E-state index in [1.54, 1.807) is 36.8 Å². The van der Waals surface area contributed by atoms with E-state index in [-0.39, 0.29) is 11.3 Å². The molecule has 2 aliphatic heterocycles. The molecule has 28 heavy (non-hydrogen) atoms. The second-order valence-electron chi connectivity index (χ2n) is 8.05. The predicted octanol–water partition coefficient (Wildman–Crippen LogP) is 1.39. The quantitative estimate of drug-likeness (QED) is 0.748. The molecule has 0 aliphatic carbocycles. The van der Waals surface area contributed by atoms with Crippen LogP contribution in [-0.2, 0) is 0 Å². The zero-order chi connectivity index (χ0) is 19.9. The maximum Gasteiger partial charge on any atom is 0.254 e. The molecule has 0 radical (unpaired) electrons. The van der Waals surface area contributed by atoms with Crippen molar-refractivity contribution in [1.29, 1.82) is 0 Å². The number of hydrogen-bond acceptors (Lipinski definition) is 8. The fourth-order valence-electron chi connectivity index (χ4n) is 4.58. The standard InChI is InChI=1S/C19H26N6O2S/c1-13-21-22-18(28-13)25-9-15-8-24(11-19(15,12-25)10-23(2)3)17(26)14-5-6-20-16(7-14)27-4/h5-7,15H,8-12H2,1-4H3/t15-,19+/m1/s1. The van der Waals surface area contributed by atoms with Crippen molar-refractivity contribution >= 4 is 22.4 Å². The van der Waals surface area contributed by atoms with Crippen molar-refractivity contribution in [3.63, 3.8) is 0 Å². The number of fused-ring (bicyclic) bond motifs is 1. The summed E-state index contributed by atoms with van der Waals surface area (Å²) in [7, 11) is 5.76. The van der Waals surface area contributed by atoms with Crippen LogP contribution < -0.4 is 9.64 Å². The highest BCUT2D eigenvalue weighted by atomic mass is 32.1. The van der Waals surface area contributed by atoms with Crippen LogP contribution in [0.1, 0.15) is 15.4 Å². The predicted molar refractivity (Wildman–Crippen MR) is 108 cm³/mol. The summed E-state index contributed by atoms with van der Waals surface area (Å²) in [5.41, 5.74) is 0.666. The van der Waals surface area contributed by atoms with Crippen LogP contribution in [0.3, 0.4) is 0 Å². The van der Waals surface area contributed by atoms with Crippen LogP contribution in [0.4, 0.5) is 5.13 Å². The van der Waals surface area contributed by atoms with Gasteiger partial charge in [-0.05, 0) is 27.1 Å². The average molecular weight is 403 g/mol. The summed E-state index contributed by atoms with van der Waals surface area (Å²) in [5, 5.41) is 10.5. The molecule has 2 aliphatic rings. The SMILES string of the molecule is COc1cc(C(=O)N2C[C@@H]3CN(c4nnc(C)s4)C[C@]3(CN(C)C)C2)ccn1. The summed E-state index contributed by atoms with van der Waals surface area (Å²) >= 11 is 1.64. The smallest absolute Gasteiger partial charge is 0.254 e. The molecule has 8 nitrogen and oxygen atoms in total. The van der Waals surface area contributed by atoms with Crippen LogP contribution in [0, 0.1) is 18.3 Å². The number of likely N-dealkylation sites (tertiary alicyclic amines) is 1. The first-order valence-corrected chi connectivity index (χ1v) is 10.2. The van der Waals surface area contributed by atoms with E-state index in [0.29, 0.717) is 17.4 Å². The molecule has 9 heteroatoms. The van der Waals surface area contributed by atoms with Gasteiger partial charge < -0.3 is 19.4 Å². The number of methoxy groups -OCH3 is 1. The van der Waals surface area contributed by atoms with Gasteiger partial charge in [0.25, 0.3) is 5.91 Å². The minimum absolute atomic E-state index is 0.0376. The van der Waals surface area contributed by atoms with E-state index >= 15 is 0 Å². The first-order valence-electron chi connectivity index (χ1n) is 9.39. The number of pyridine rings is 1. The van der Waals surface area contributed by atoms with Crippen LogP contribution in [0.15, 0.2) is 18.3 Å². The number of anilines is 1. The number of hydrogen-bond donors (Lipinski definition) is 0. The van der Waals surface area contributed by atoms with E-state index in [2.05, 4.69) is 39.1 Å². The van der Waals surface area contributed by atoms with Crippen molar-refractivity contribution in [2.24, 2.45) is 11.3 Å². The second-order valence-corrected chi connectivity index (χ2v) is 9.21. The third-order valence-corrected chi connectivity index (χ3v) is 6.55. The number of aromatic nitrogens is 3. The van der Waals surface area contributed by atoms with Crippen LogP contribution >= 0.6 is 11.3 Å². The minimum Gasteiger partial charge on any atom is -0.481 e. The fraction of sp³-hybridized carbons (Fsp3) is 0.579. The lowest BCUT2D eigenvalue weighted by atomic mass is 9.80. The second kappa shape index (κ2) is 7.29. The van der Waals surface area contributed by atoms with Crippen LogP contribution in [-0.4, -0.2) is 84.8 Å². The maximum absolute atomic E-state index is 13.1. The Kier molecular flexibility index (Phi) is 4.96. The highest BCUT2D eigenvalue weighted by Gasteiger charge is 2.54. The van der Waals surface area contributed by atoms with E-state index in [0.717, 1.165) is 42.9 Å². The number of carbonyl (C=O) groups is 1. The van der Waals surface area contributed by atoms with Crippen molar-refractivity contribution in [2.75, 3.05) is 58.8 Å². The summed E-state index contributed by atoms with van der Waals surface area (Å²) in [6, 6.07) is 3.47. The van der Waals surface area contributed by atoms with Gasteiger partial charge in [-0.15, -0.1) is 10.2 Å². The molecule has 0 spiro atoms. The monoisotopic (exact) mass is 402 g/mol. The maximum atomic E-state index is 13.1. The molecule has 0 unspecified atom stereocenters. The van der Waals surface area contributed by atoms with Crippen LogP contribution in [0.25, 0.3) is 0 Å². The Bertz CT molecular complexity index is 872. The Hall–Kier alpha value is -2.26. The Morgan fingerprint density at radius 2 is 2.18 bits per heavy atom. The average Bonchev–Trinajstić information content (AvgIpc) is 3.32. The largest absolute Gasteiger partial charge is 0.481 e. The molecular weight excluding hydrogens is 376 g/mol. The van der Waals surface area contributed by atoms with Gasteiger partial charge in [-0.3, -0.25) is 4.79 Å². The molecule has 2 aromatic rings. The van der Waals surface area contributed by atoms with Crippen molar-refractivity contribution in [3.8, 4) is 5.88 Å². The molecule has 2 atom stereocenters. The first-order chi connectivity index (χ1) is 13.4. The lowest BCUT2D eigenvalue weighted by Crippen LogP contribution is -2.43. The number of aryl methyl sites for hydroxylation is 1. The van der Waals surface area contributed by atoms with Crippen LogP contribution in [0.2, 0.25) is 0 Å². The van der Waals surface area contributed by atoms with Crippen molar-refractivity contribution < 1.29 is 9.53 Å². The molecule has 1 amide bonds. The minimum atomic E-state index is 0.0376. The highest BCUT2D eigenvalue weighted by molar-refractivity contribution is 7.15. The van der Waals surface area contributed by atoms with E-state index in [1.165, 1.54) is 0 Å². The number of nitrogens with zero attached hydrogens (tertiary/aromatic N) is 6. The molecule has 2 saturated heterocycles. The molecule has 0 aromatic carbocycles. The van der Waals surface area contributed by atoms with Gasteiger partial charge in [-0.25, -0.2) is 4.98 Å². The normalized spacial score (nSPS) is 24.1. The number of ether oxygens (including phenoxy) is 1. The Balaban J connectivity index is 1.55. The lowest BCUT2D eigenvalue weighted by molar-refractivity contribution is 0.0765. The summed E-state index contributed by atoms with van der Waals surface area (Å²) in [6.07, 6.45) is 1.62. The van der Waals surface area contributed by atoms with E-state index < -0.39 is 0 Å². The third kappa shape index (κ3) is 3.44. The van der Waals surface area contributed by atoms with Gasteiger partial charge in [0.05, 0.1) is 7.11 Å². The molecule has 150 valence electrons. The lowest BCUT2D eigenvalue weighted by Gasteiger charge is -2.32. The fourth-order valence-corrected chi connectivity index (χ4v) is 5.28. The molecular formula is C19H26N6O2S. The molecule has 0 N–H and O–H groups in total. The molecule has 4 rings (SSSR count). The van der Waals surface area contributed by atoms with Crippen molar-refractivity contribution in [1.82, 2.24) is 25.0 Å². The van der Waals surface area contributed by atoms with Gasteiger partial charge in [0.2, 0.25) is 11.0 Å². The van der Waals surface area contributed by atoms with E-state index in [9.17, 15) is 4.79 Å². The van der Waals surface area contributed by atoms with Gasteiger partial charge in [-0.1, -0.05) is 11.3 Å². The number of carbonyl (C=O) groups excluding carboxylic acids is 1. The number of rotatable bonds is 5. The highest BCUT2D eigenvalue weighted by Crippen LogP contribution is 2.45. The molecule has 0 bridgehead atoms. The van der Waals surface area contributed by atoms with Crippen molar-refractivity contribution in [3.05, 3.63) is 28.9 Å². The first kappa shape index (κ1) is 19.1. The molecule has 4 heterocycles. The van der Waals surface area contributed by atoms with Crippen LogP contribution in [0.5, 0.6) is 5.88 Å². The Morgan fingerprint density at radius 3 is 2.86 bits per heavy atom. The molecule has 2 aromatic heterocycles. The summed E-state index contributed by atoms with van der Waals surface area (Å²) in [4.78, 5) is 23.8. The summed E-state index contributed by atoms with van der Waals surface area (Å²) in [6.45, 7) is 6.23. The Labute approximate surface area is 169 Å². The van der Waals surface area contributed by atoms with Gasteiger partial charge in [-0.2, -0.15) is 0 Å². The zero-order valence-electron chi connectivity index (χ0n) is 16.8. The van der Waals surface area contributed by atoms with Gasteiger partial charge >= 0.3 is 0 Å².